The molecule has 0 aliphatic heterocycles. The Labute approximate surface area is 147 Å². The second-order valence-corrected chi connectivity index (χ2v) is 5.01. The molecule has 0 saturated heterocycles. The van der Waals surface area contributed by atoms with Crippen molar-refractivity contribution < 1.29 is 19.1 Å². The summed E-state index contributed by atoms with van der Waals surface area (Å²) < 4.78 is 15.7. The van der Waals surface area contributed by atoms with Gasteiger partial charge in [0.1, 0.15) is 12.3 Å². The number of rotatable bonds is 8. The zero-order chi connectivity index (χ0) is 19.1. The summed E-state index contributed by atoms with van der Waals surface area (Å²) in [7, 11) is 3.05. The quantitative estimate of drug-likeness (QED) is 0.408. The van der Waals surface area contributed by atoms with Crippen LogP contribution in [0.3, 0.4) is 0 Å². The first kappa shape index (κ1) is 18.9. The van der Waals surface area contributed by atoms with Gasteiger partial charge < -0.3 is 19.2 Å². The van der Waals surface area contributed by atoms with Gasteiger partial charge in [0.2, 0.25) is 0 Å². The average molecular weight is 363 g/mol. The van der Waals surface area contributed by atoms with Crippen molar-refractivity contribution in [1.29, 1.82) is 0 Å². The Hall–Kier alpha value is -3.40. The van der Waals surface area contributed by atoms with Crippen molar-refractivity contribution >= 4 is 17.8 Å². The van der Waals surface area contributed by atoms with Crippen molar-refractivity contribution in [1.82, 2.24) is 9.97 Å². The molecule has 2 aromatic rings. The molecular formula is C16H17N3O7. The van der Waals surface area contributed by atoms with Crippen molar-refractivity contribution in [3.8, 4) is 11.5 Å². The molecule has 1 heterocycles. The van der Waals surface area contributed by atoms with Gasteiger partial charge in [-0.05, 0) is 23.8 Å². The highest BCUT2D eigenvalue weighted by Crippen LogP contribution is 2.29. The summed E-state index contributed by atoms with van der Waals surface area (Å²) in [4.78, 5) is 37.2. The number of hydrogen-bond acceptors (Lipinski definition) is 7. The van der Waals surface area contributed by atoms with Crippen LogP contribution in [0.2, 0.25) is 0 Å². The highest BCUT2D eigenvalue weighted by atomic mass is 16.6. The average Bonchev–Trinajstić information content (AvgIpc) is 2.59. The number of ether oxygens (including phenoxy) is 3. The Bertz CT molecular complexity index is 930. The van der Waals surface area contributed by atoms with Crippen LogP contribution < -0.4 is 20.7 Å². The van der Waals surface area contributed by atoms with E-state index in [1.807, 2.05) is 4.98 Å². The second kappa shape index (κ2) is 8.62. The van der Waals surface area contributed by atoms with Gasteiger partial charge in [-0.3, -0.25) is 19.9 Å². The molecule has 2 rings (SSSR count). The van der Waals surface area contributed by atoms with Crippen LogP contribution in [0.5, 0.6) is 11.5 Å². The topological polar surface area (TPSA) is 137 Å². The lowest BCUT2D eigenvalue weighted by Gasteiger charge is -2.11. The van der Waals surface area contributed by atoms with Crippen LogP contribution >= 0.6 is 0 Å². The monoisotopic (exact) mass is 363 g/mol. The zero-order valence-corrected chi connectivity index (χ0v) is 14.1. The Morgan fingerprint density at radius 2 is 1.88 bits per heavy atom. The maximum absolute atomic E-state index is 11.6. The predicted octanol–water partition coefficient (Wildman–Crippen LogP) is 1.18. The Morgan fingerprint density at radius 3 is 2.54 bits per heavy atom. The molecule has 0 fully saturated rings. The van der Waals surface area contributed by atoms with Crippen molar-refractivity contribution in [2.45, 2.75) is 0 Å². The molecule has 0 radical (unpaired) electrons. The molecule has 0 atom stereocenters. The molecule has 0 amide bonds. The van der Waals surface area contributed by atoms with E-state index < -0.39 is 21.9 Å². The van der Waals surface area contributed by atoms with Crippen molar-refractivity contribution in [2.24, 2.45) is 0 Å². The molecule has 10 nitrogen and oxygen atoms in total. The molecule has 2 N–H and O–H groups in total. The summed E-state index contributed by atoms with van der Waals surface area (Å²) >= 11 is 0. The van der Waals surface area contributed by atoms with Gasteiger partial charge in [-0.1, -0.05) is 12.1 Å². The molecule has 26 heavy (non-hydrogen) atoms. The van der Waals surface area contributed by atoms with E-state index in [2.05, 4.69) is 4.98 Å². The van der Waals surface area contributed by atoms with Gasteiger partial charge in [0.25, 0.3) is 0 Å². The maximum Gasteiger partial charge on any atom is 0.357 e. The fourth-order valence-electron chi connectivity index (χ4n) is 2.12. The summed E-state index contributed by atoms with van der Waals surface area (Å²) in [6.07, 6.45) is 2.77. The molecule has 0 bridgehead atoms. The van der Waals surface area contributed by atoms with E-state index in [4.69, 9.17) is 14.2 Å². The van der Waals surface area contributed by atoms with E-state index in [1.54, 1.807) is 25.3 Å². The second-order valence-electron chi connectivity index (χ2n) is 5.01. The number of aromatic amines is 2. The third kappa shape index (κ3) is 4.57. The van der Waals surface area contributed by atoms with Crippen LogP contribution in [0.4, 0.5) is 5.69 Å². The third-order valence-corrected chi connectivity index (χ3v) is 3.30. The summed E-state index contributed by atoms with van der Waals surface area (Å²) in [6, 6.07) is 5.01. The number of H-pyrrole nitrogens is 2. The highest BCUT2D eigenvalue weighted by molar-refractivity contribution is 5.72. The van der Waals surface area contributed by atoms with Crippen molar-refractivity contribution in [2.75, 3.05) is 27.4 Å². The minimum Gasteiger partial charge on any atom is -0.493 e. The fraction of sp³-hybridized carbons (Fsp3) is 0.250. The molecular weight excluding hydrogens is 346 g/mol. The van der Waals surface area contributed by atoms with Gasteiger partial charge in [0.05, 0.1) is 18.6 Å². The maximum atomic E-state index is 11.6. The summed E-state index contributed by atoms with van der Waals surface area (Å²) in [5.41, 5.74) is -2.24. The standard InChI is InChI=1S/C16H17N3O7/c1-24-7-8-26-13-9-10(4-6-12(13)25-2)3-5-11-14(19(22)23)15(20)18-16(21)17-11/h3-6,9H,7-8H2,1-2H3,(H2,17,18,20,21)/b5-3+. The van der Waals surface area contributed by atoms with Crippen molar-refractivity contribution in [3.63, 3.8) is 0 Å². The Morgan fingerprint density at radius 1 is 1.12 bits per heavy atom. The van der Waals surface area contributed by atoms with E-state index in [1.165, 1.54) is 19.3 Å². The van der Waals surface area contributed by atoms with E-state index in [0.717, 1.165) is 0 Å². The number of nitrogens with zero attached hydrogens (tertiary/aromatic N) is 1. The fourth-order valence-corrected chi connectivity index (χ4v) is 2.12. The van der Waals surface area contributed by atoms with Crippen molar-refractivity contribution in [3.05, 3.63) is 60.4 Å². The summed E-state index contributed by atoms with van der Waals surface area (Å²) in [6.45, 7) is 0.705. The van der Waals surface area contributed by atoms with Gasteiger partial charge in [0.15, 0.2) is 11.5 Å². The SMILES string of the molecule is COCCOc1cc(/C=C/c2[nH]c(=O)[nH]c(=O)c2[N+](=O)[O-])ccc1OC. The number of methoxy groups -OCH3 is 2. The number of nitro groups is 1. The van der Waals surface area contributed by atoms with Crippen LogP contribution in [0.25, 0.3) is 12.2 Å². The molecule has 0 aliphatic carbocycles. The summed E-state index contributed by atoms with van der Waals surface area (Å²) in [5, 5.41) is 11.0. The Kier molecular flexibility index (Phi) is 6.28. The van der Waals surface area contributed by atoms with E-state index in [0.29, 0.717) is 30.3 Å². The first-order valence-electron chi connectivity index (χ1n) is 7.45. The predicted molar refractivity (Wildman–Crippen MR) is 93.6 cm³/mol. The third-order valence-electron chi connectivity index (χ3n) is 3.30. The molecule has 0 saturated carbocycles. The van der Waals surface area contributed by atoms with Gasteiger partial charge in [0, 0.05) is 7.11 Å². The molecule has 0 unspecified atom stereocenters. The lowest BCUT2D eigenvalue weighted by molar-refractivity contribution is -0.386. The molecule has 10 heteroatoms. The summed E-state index contributed by atoms with van der Waals surface area (Å²) in [5.74, 6) is 0.967. The van der Waals surface area contributed by atoms with Crippen LogP contribution in [-0.4, -0.2) is 42.3 Å². The van der Waals surface area contributed by atoms with E-state index >= 15 is 0 Å². The number of hydrogen-bond donors (Lipinski definition) is 2. The minimum absolute atomic E-state index is 0.207. The molecule has 0 aliphatic rings. The van der Waals surface area contributed by atoms with Crippen LogP contribution in [0, 0.1) is 10.1 Å². The van der Waals surface area contributed by atoms with E-state index in [-0.39, 0.29) is 5.69 Å². The number of nitrogens with one attached hydrogen (secondary N) is 2. The smallest absolute Gasteiger partial charge is 0.357 e. The normalized spacial score (nSPS) is 10.8. The van der Waals surface area contributed by atoms with Crippen LogP contribution in [0.1, 0.15) is 11.3 Å². The molecule has 1 aromatic heterocycles. The molecule has 1 aromatic carbocycles. The van der Waals surface area contributed by atoms with Crippen LogP contribution in [0.15, 0.2) is 27.8 Å². The Balaban J connectivity index is 2.36. The first-order valence-corrected chi connectivity index (χ1v) is 7.45. The van der Waals surface area contributed by atoms with E-state index in [9.17, 15) is 19.7 Å². The largest absolute Gasteiger partial charge is 0.493 e. The first-order chi connectivity index (χ1) is 12.5. The van der Waals surface area contributed by atoms with Crippen LogP contribution in [-0.2, 0) is 4.74 Å². The minimum atomic E-state index is -1.07. The highest BCUT2D eigenvalue weighted by Gasteiger charge is 2.18. The number of benzene rings is 1. The zero-order valence-electron chi connectivity index (χ0n) is 14.1. The molecule has 0 spiro atoms. The van der Waals surface area contributed by atoms with Gasteiger partial charge in [-0.2, -0.15) is 0 Å². The van der Waals surface area contributed by atoms with Gasteiger partial charge >= 0.3 is 16.9 Å². The van der Waals surface area contributed by atoms with Gasteiger partial charge in [-0.15, -0.1) is 0 Å². The molecule has 138 valence electrons. The lowest BCUT2D eigenvalue weighted by atomic mass is 10.1. The lowest BCUT2D eigenvalue weighted by Crippen LogP contribution is -2.25. The van der Waals surface area contributed by atoms with Gasteiger partial charge in [-0.25, -0.2) is 4.79 Å². The number of aromatic nitrogens is 2.